The van der Waals surface area contributed by atoms with Crippen molar-refractivity contribution in [3.8, 4) is 0 Å². The molecule has 1 fully saturated rings. The molecule has 1 aliphatic carbocycles. The normalized spacial score (nSPS) is 20.1. The molecule has 1 aliphatic heterocycles. The number of benzene rings is 2. The molecule has 0 aromatic heterocycles. The van der Waals surface area contributed by atoms with Crippen molar-refractivity contribution >= 4 is 23.5 Å². The fraction of sp³-hybridized carbons (Fsp3) is 0.400. The highest BCUT2D eigenvalue weighted by molar-refractivity contribution is 5.99. The molecule has 31 heavy (non-hydrogen) atoms. The second-order valence-corrected chi connectivity index (χ2v) is 8.24. The first-order valence-corrected chi connectivity index (χ1v) is 11.0. The van der Waals surface area contributed by atoms with Crippen LogP contribution in [0.3, 0.4) is 0 Å². The lowest BCUT2D eigenvalue weighted by Gasteiger charge is -2.32. The number of rotatable bonds is 6. The summed E-state index contributed by atoms with van der Waals surface area (Å²) in [6.07, 6.45) is 3.95. The van der Waals surface area contributed by atoms with Gasteiger partial charge in [0.2, 0.25) is 5.91 Å². The monoisotopic (exact) mass is 420 g/mol. The van der Waals surface area contributed by atoms with E-state index in [0.717, 1.165) is 30.5 Å². The Labute approximate surface area is 182 Å². The number of esters is 1. The van der Waals surface area contributed by atoms with Gasteiger partial charge in [0.25, 0.3) is 5.91 Å². The van der Waals surface area contributed by atoms with Crippen LogP contribution in [-0.2, 0) is 32.1 Å². The van der Waals surface area contributed by atoms with E-state index in [2.05, 4.69) is 5.32 Å². The van der Waals surface area contributed by atoms with Crippen molar-refractivity contribution in [2.24, 2.45) is 11.8 Å². The highest BCUT2D eigenvalue weighted by Gasteiger charge is 2.40. The summed E-state index contributed by atoms with van der Waals surface area (Å²) in [4.78, 5) is 40.0. The van der Waals surface area contributed by atoms with E-state index in [0.29, 0.717) is 25.9 Å². The number of para-hydroxylation sites is 1. The maximum atomic E-state index is 13.3. The number of fused-ring (bicyclic) bond motifs is 1. The summed E-state index contributed by atoms with van der Waals surface area (Å²) in [6, 6.07) is 17.5. The lowest BCUT2D eigenvalue weighted by molar-refractivity contribution is -0.157. The van der Waals surface area contributed by atoms with E-state index in [-0.39, 0.29) is 24.3 Å². The number of nitrogens with one attached hydrogen (secondary N) is 1. The fourth-order valence-corrected chi connectivity index (χ4v) is 4.57. The maximum Gasteiger partial charge on any atom is 0.310 e. The first kappa shape index (κ1) is 21.1. The van der Waals surface area contributed by atoms with E-state index >= 15 is 0 Å². The van der Waals surface area contributed by atoms with E-state index in [1.54, 1.807) is 0 Å². The van der Waals surface area contributed by atoms with Crippen LogP contribution in [0.4, 0.5) is 5.69 Å². The van der Waals surface area contributed by atoms with Crippen molar-refractivity contribution in [1.29, 1.82) is 0 Å². The van der Waals surface area contributed by atoms with Crippen LogP contribution in [0.1, 0.15) is 36.8 Å². The Balaban J connectivity index is 1.33. The molecule has 6 nitrogen and oxygen atoms in total. The number of amides is 2. The van der Waals surface area contributed by atoms with Crippen molar-refractivity contribution in [3.05, 3.63) is 65.7 Å². The standard InChI is InChI=1S/C25H28N2O4/c28-23(26-16-18-8-2-1-3-9-18)17-31-25(30)21-12-6-5-11-20(21)24(29)27-15-14-19-10-4-7-13-22(19)27/h1-4,7-10,13,20-21H,5-6,11-12,14-17H2,(H,26,28). The van der Waals surface area contributed by atoms with Crippen LogP contribution in [0.25, 0.3) is 0 Å². The van der Waals surface area contributed by atoms with Crippen molar-refractivity contribution < 1.29 is 19.1 Å². The average Bonchev–Trinajstić information content (AvgIpc) is 3.25. The van der Waals surface area contributed by atoms with Crippen LogP contribution in [0.5, 0.6) is 0 Å². The summed E-state index contributed by atoms with van der Waals surface area (Å²) in [5.74, 6) is -1.67. The molecule has 162 valence electrons. The zero-order chi connectivity index (χ0) is 21.6. The largest absolute Gasteiger partial charge is 0.455 e. The average molecular weight is 421 g/mol. The summed E-state index contributed by atoms with van der Waals surface area (Å²) in [7, 11) is 0. The molecule has 4 rings (SSSR count). The molecule has 1 saturated carbocycles. The molecule has 0 spiro atoms. The Bertz CT molecular complexity index is 944. The molecule has 2 aromatic carbocycles. The van der Waals surface area contributed by atoms with Gasteiger partial charge < -0.3 is 15.0 Å². The Morgan fingerprint density at radius 3 is 2.45 bits per heavy atom. The van der Waals surface area contributed by atoms with Gasteiger partial charge in [-0.05, 0) is 36.5 Å². The predicted molar refractivity (Wildman–Crippen MR) is 117 cm³/mol. The summed E-state index contributed by atoms with van der Waals surface area (Å²) >= 11 is 0. The highest BCUT2D eigenvalue weighted by Crippen LogP contribution is 2.36. The van der Waals surface area contributed by atoms with Crippen LogP contribution >= 0.6 is 0 Å². The van der Waals surface area contributed by atoms with Crippen LogP contribution in [0.2, 0.25) is 0 Å². The molecular weight excluding hydrogens is 392 g/mol. The van der Waals surface area contributed by atoms with Gasteiger partial charge in [0.15, 0.2) is 6.61 Å². The SMILES string of the molecule is O=C(COC(=O)C1CCCCC1C(=O)N1CCc2ccccc21)NCc1ccccc1. The zero-order valence-electron chi connectivity index (χ0n) is 17.6. The quantitative estimate of drug-likeness (QED) is 0.728. The molecule has 2 unspecified atom stereocenters. The maximum absolute atomic E-state index is 13.3. The van der Waals surface area contributed by atoms with Gasteiger partial charge in [-0.2, -0.15) is 0 Å². The van der Waals surface area contributed by atoms with Gasteiger partial charge in [-0.25, -0.2) is 0 Å². The minimum absolute atomic E-state index is 0.000120. The molecule has 1 N–H and O–H groups in total. The zero-order valence-corrected chi connectivity index (χ0v) is 17.6. The third-order valence-corrected chi connectivity index (χ3v) is 6.22. The molecule has 0 bridgehead atoms. The number of ether oxygens (including phenoxy) is 1. The van der Waals surface area contributed by atoms with Gasteiger partial charge in [0.1, 0.15) is 0 Å². The van der Waals surface area contributed by atoms with E-state index in [4.69, 9.17) is 4.74 Å². The number of carbonyl (C=O) groups excluding carboxylic acids is 3. The minimum atomic E-state index is -0.490. The van der Waals surface area contributed by atoms with Crippen LogP contribution in [-0.4, -0.2) is 30.9 Å². The molecule has 1 heterocycles. The van der Waals surface area contributed by atoms with Crippen molar-refractivity contribution in [1.82, 2.24) is 5.32 Å². The second kappa shape index (κ2) is 9.77. The molecular formula is C25H28N2O4. The van der Waals surface area contributed by atoms with Gasteiger partial charge in [-0.3, -0.25) is 14.4 Å². The lowest BCUT2D eigenvalue weighted by Crippen LogP contribution is -2.43. The van der Waals surface area contributed by atoms with Gasteiger partial charge in [0, 0.05) is 18.8 Å². The number of carbonyl (C=O) groups is 3. The second-order valence-electron chi connectivity index (χ2n) is 8.24. The molecule has 2 aromatic rings. The fourth-order valence-electron chi connectivity index (χ4n) is 4.57. The number of nitrogens with zero attached hydrogens (tertiary/aromatic N) is 1. The Hall–Kier alpha value is -3.15. The van der Waals surface area contributed by atoms with Crippen LogP contribution < -0.4 is 10.2 Å². The molecule has 2 atom stereocenters. The Kier molecular flexibility index (Phi) is 6.65. The highest BCUT2D eigenvalue weighted by atomic mass is 16.5. The third-order valence-electron chi connectivity index (χ3n) is 6.22. The van der Waals surface area contributed by atoms with Gasteiger partial charge in [-0.15, -0.1) is 0 Å². The van der Waals surface area contributed by atoms with Crippen molar-refractivity contribution in [2.45, 2.75) is 38.6 Å². The van der Waals surface area contributed by atoms with Crippen LogP contribution in [0, 0.1) is 11.8 Å². The van der Waals surface area contributed by atoms with E-state index < -0.39 is 11.9 Å². The molecule has 0 radical (unpaired) electrons. The Morgan fingerprint density at radius 1 is 0.935 bits per heavy atom. The third kappa shape index (κ3) is 4.95. The number of anilines is 1. The molecule has 0 saturated heterocycles. The first-order chi connectivity index (χ1) is 15.1. The van der Waals surface area contributed by atoms with Gasteiger partial charge in [0.05, 0.1) is 11.8 Å². The molecule has 2 aliphatic rings. The number of hydrogen-bond donors (Lipinski definition) is 1. The number of hydrogen-bond acceptors (Lipinski definition) is 4. The molecule has 2 amide bonds. The predicted octanol–water partition coefficient (Wildman–Crippen LogP) is 3.24. The lowest BCUT2D eigenvalue weighted by atomic mass is 9.78. The first-order valence-electron chi connectivity index (χ1n) is 11.0. The van der Waals surface area contributed by atoms with E-state index in [1.807, 2.05) is 59.5 Å². The van der Waals surface area contributed by atoms with Crippen LogP contribution in [0.15, 0.2) is 54.6 Å². The van der Waals surface area contributed by atoms with Gasteiger partial charge in [-0.1, -0.05) is 61.4 Å². The summed E-state index contributed by atoms with van der Waals surface area (Å²) < 4.78 is 5.32. The van der Waals surface area contributed by atoms with Gasteiger partial charge >= 0.3 is 5.97 Å². The van der Waals surface area contributed by atoms with E-state index in [9.17, 15) is 14.4 Å². The van der Waals surface area contributed by atoms with Crippen molar-refractivity contribution in [2.75, 3.05) is 18.1 Å². The topological polar surface area (TPSA) is 75.7 Å². The smallest absolute Gasteiger partial charge is 0.310 e. The minimum Gasteiger partial charge on any atom is -0.455 e. The van der Waals surface area contributed by atoms with Crippen molar-refractivity contribution in [3.63, 3.8) is 0 Å². The Morgan fingerprint density at radius 2 is 1.65 bits per heavy atom. The van der Waals surface area contributed by atoms with E-state index in [1.165, 1.54) is 5.56 Å². The summed E-state index contributed by atoms with van der Waals surface area (Å²) in [5.41, 5.74) is 3.09. The summed E-state index contributed by atoms with van der Waals surface area (Å²) in [6.45, 7) is 0.712. The summed E-state index contributed by atoms with van der Waals surface area (Å²) in [5, 5.41) is 2.76. The molecule has 6 heteroatoms.